The van der Waals surface area contributed by atoms with Crippen molar-refractivity contribution in [2.24, 2.45) is 0 Å². The first-order valence-electron chi connectivity index (χ1n) is 7.29. The van der Waals surface area contributed by atoms with Crippen LogP contribution in [0.1, 0.15) is 29.5 Å². The first-order chi connectivity index (χ1) is 10.6. The first-order valence-corrected chi connectivity index (χ1v) is 7.67. The second kappa shape index (κ2) is 7.42. The minimum atomic E-state index is -0.169. The fraction of sp³-hybridized carbons (Fsp3) is 0.375. The number of nitrogens with zero attached hydrogens (tertiary/aromatic N) is 2. The molecule has 1 amide bonds. The van der Waals surface area contributed by atoms with Gasteiger partial charge in [-0.15, -0.1) is 0 Å². The Kier molecular flexibility index (Phi) is 5.57. The maximum atomic E-state index is 12.6. The number of aryl methyl sites for hydroxylation is 1. The molecule has 0 unspecified atom stereocenters. The number of aromatic nitrogens is 2. The Balaban J connectivity index is 2.31. The zero-order valence-electron chi connectivity index (χ0n) is 12.8. The molecule has 0 spiro atoms. The number of hydrogen-bond acceptors (Lipinski definition) is 3. The average Bonchev–Trinajstić information content (AvgIpc) is 2.88. The lowest BCUT2D eigenvalue weighted by Crippen LogP contribution is -2.34. The van der Waals surface area contributed by atoms with E-state index in [9.17, 15) is 4.79 Å². The van der Waals surface area contributed by atoms with Crippen molar-refractivity contribution in [2.75, 3.05) is 19.7 Å². The SMILES string of the molecule is CCCN(CCO)C(=O)c1nc(-c2cccc(Cl)c2)[nH]c1C. The standard InChI is InChI=1S/C16H20ClN3O2/c1-3-7-20(8-9-21)16(22)14-11(2)18-15(19-14)12-5-4-6-13(17)10-12/h4-6,10,21H,3,7-9H2,1-2H3,(H,18,19). The van der Waals surface area contributed by atoms with Crippen molar-refractivity contribution in [1.82, 2.24) is 14.9 Å². The van der Waals surface area contributed by atoms with E-state index in [2.05, 4.69) is 9.97 Å². The minimum Gasteiger partial charge on any atom is -0.395 e. The predicted molar refractivity (Wildman–Crippen MR) is 87.1 cm³/mol. The van der Waals surface area contributed by atoms with Crippen LogP contribution in [0.4, 0.5) is 0 Å². The third-order valence-electron chi connectivity index (χ3n) is 3.34. The lowest BCUT2D eigenvalue weighted by atomic mass is 10.2. The molecule has 0 aliphatic heterocycles. The number of amides is 1. The van der Waals surface area contributed by atoms with E-state index in [1.54, 1.807) is 17.0 Å². The lowest BCUT2D eigenvalue weighted by Gasteiger charge is -2.20. The van der Waals surface area contributed by atoms with Crippen molar-refractivity contribution in [2.45, 2.75) is 20.3 Å². The summed E-state index contributed by atoms with van der Waals surface area (Å²) in [6.07, 6.45) is 0.830. The number of rotatable bonds is 6. The molecule has 5 nitrogen and oxygen atoms in total. The third-order valence-corrected chi connectivity index (χ3v) is 3.57. The smallest absolute Gasteiger partial charge is 0.274 e. The van der Waals surface area contributed by atoms with Crippen LogP contribution in [-0.2, 0) is 0 Å². The molecule has 1 aromatic carbocycles. The van der Waals surface area contributed by atoms with Crippen LogP contribution in [-0.4, -0.2) is 45.6 Å². The van der Waals surface area contributed by atoms with Gasteiger partial charge in [0.1, 0.15) is 11.5 Å². The Labute approximate surface area is 134 Å². The van der Waals surface area contributed by atoms with Gasteiger partial charge in [-0.05, 0) is 25.5 Å². The van der Waals surface area contributed by atoms with E-state index in [1.165, 1.54) is 0 Å². The largest absolute Gasteiger partial charge is 0.395 e. The number of carbonyl (C=O) groups excluding carboxylic acids is 1. The number of aliphatic hydroxyl groups excluding tert-OH is 1. The molecule has 2 rings (SSSR count). The Morgan fingerprint density at radius 2 is 2.18 bits per heavy atom. The summed E-state index contributed by atoms with van der Waals surface area (Å²) in [6, 6.07) is 7.31. The third kappa shape index (κ3) is 3.67. The molecule has 1 heterocycles. The predicted octanol–water partition coefficient (Wildman–Crippen LogP) is 2.88. The van der Waals surface area contributed by atoms with Crippen molar-refractivity contribution in [3.8, 4) is 11.4 Å². The van der Waals surface area contributed by atoms with Crippen LogP contribution in [0.15, 0.2) is 24.3 Å². The van der Waals surface area contributed by atoms with E-state index in [0.717, 1.165) is 12.0 Å². The molecular weight excluding hydrogens is 302 g/mol. The molecule has 2 N–H and O–H groups in total. The molecule has 0 aliphatic rings. The highest BCUT2D eigenvalue weighted by atomic mass is 35.5. The number of carbonyl (C=O) groups is 1. The zero-order chi connectivity index (χ0) is 16.1. The van der Waals surface area contributed by atoms with Crippen molar-refractivity contribution >= 4 is 17.5 Å². The number of nitrogens with one attached hydrogen (secondary N) is 1. The molecule has 0 bridgehead atoms. The summed E-state index contributed by atoms with van der Waals surface area (Å²) >= 11 is 5.99. The summed E-state index contributed by atoms with van der Waals surface area (Å²) in [4.78, 5) is 21.7. The Morgan fingerprint density at radius 3 is 2.82 bits per heavy atom. The lowest BCUT2D eigenvalue weighted by molar-refractivity contribution is 0.0716. The average molecular weight is 322 g/mol. The summed E-state index contributed by atoms with van der Waals surface area (Å²) < 4.78 is 0. The maximum Gasteiger partial charge on any atom is 0.274 e. The summed E-state index contributed by atoms with van der Waals surface area (Å²) in [5.74, 6) is 0.446. The van der Waals surface area contributed by atoms with E-state index in [4.69, 9.17) is 16.7 Å². The van der Waals surface area contributed by atoms with Gasteiger partial charge in [0.25, 0.3) is 5.91 Å². The van der Waals surface area contributed by atoms with Crippen molar-refractivity contribution < 1.29 is 9.90 Å². The van der Waals surface area contributed by atoms with Gasteiger partial charge in [0.2, 0.25) is 0 Å². The topological polar surface area (TPSA) is 69.2 Å². The van der Waals surface area contributed by atoms with Gasteiger partial charge in [0.15, 0.2) is 0 Å². The Hall–Kier alpha value is -1.85. The van der Waals surface area contributed by atoms with Crippen LogP contribution in [0.5, 0.6) is 0 Å². The van der Waals surface area contributed by atoms with Gasteiger partial charge in [0.05, 0.1) is 6.61 Å². The van der Waals surface area contributed by atoms with Gasteiger partial charge in [-0.2, -0.15) is 0 Å². The maximum absolute atomic E-state index is 12.6. The highest BCUT2D eigenvalue weighted by Crippen LogP contribution is 2.22. The second-order valence-electron chi connectivity index (χ2n) is 5.09. The fourth-order valence-electron chi connectivity index (χ4n) is 2.30. The van der Waals surface area contributed by atoms with E-state index >= 15 is 0 Å². The van der Waals surface area contributed by atoms with Crippen LogP contribution in [0.2, 0.25) is 5.02 Å². The minimum absolute atomic E-state index is 0.0592. The van der Waals surface area contributed by atoms with Crippen molar-refractivity contribution in [3.63, 3.8) is 0 Å². The van der Waals surface area contributed by atoms with Gasteiger partial charge in [-0.3, -0.25) is 4.79 Å². The Morgan fingerprint density at radius 1 is 1.41 bits per heavy atom. The van der Waals surface area contributed by atoms with E-state index in [-0.39, 0.29) is 12.5 Å². The number of halogens is 1. The van der Waals surface area contributed by atoms with E-state index in [0.29, 0.717) is 35.3 Å². The molecule has 0 saturated carbocycles. The molecule has 6 heteroatoms. The number of H-pyrrole nitrogens is 1. The molecule has 0 radical (unpaired) electrons. The van der Waals surface area contributed by atoms with Crippen LogP contribution >= 0.6 is 11.6 Å². The van der Waals surface area contributed by atoms with Crippen LogP contribution < -0.4 is 0 Å². The molecule has 0 aliphatic carbocycles. The normalized spacial score (nSPS) is 10.7. The molecule has 0 saturated heterocycles. The summed E-state index contributed by atoms with van der Waals surface area (Å²) in [6.45, 7) is 4.66. The quantitative estimate of drug-likeness (QED) is 0.859. The molecule has 2 aromatic rings. The second-order valence-corrected chi connectivity index (χ2v) is 5.52. The summed E-state index contributed by atoms with van der Waals surface area (Å²) in [5, 5.41) is 9.72. The highest BCUT2D eigenvalue weighted by molar-refractivity contribution is 6.30. The van der Waals surface area contributed by atoms with Crippen LogP contribution in [0.3, 0.4) is 0 Å². The number of imidazole rings is 1. The number of aromatic amines is 1. The molecule has 22 heavy (non-hydrogen) atoms. The zero-order valence-corrected chi connectivity index (χ0v) is 13.5. The molecule has 1 aromatic heterocycles. The number of benzene rings is 1. The van der Waals surface area contributed by atoms with Crippen molar-refractivity contribution in [1.29, 1.82) is 0 Å². The van der Waals surface area contributed by atoms with Gasteiger partial charge in [0, 0.05) is 29.4 Å². The van der Waals surface area contributed by atoms with Gasteiger partial charge in [-0.25, -0.2) is 4.98 Å². The van der Waals surface area contributed by atoms with Gasteiger partial charge >= 0.3 is 0 Å². The van der Waals surface area contributed by atoms with E-state index in [1.807, 2.05) is 26.0 Å². The molecule has 0 fully saturated rings. The van der Waals surface area contributed by atoms with Crippen LogP contribution in [0.25, 0.3) is 11.4 Å². The van der Waals surface area contributed by atoms with Crippen molar-refractivity contribution in [3.05, 3.63) is 40.7 Å². The van der Waals surface area contributed by atoms with Gasteiger partial charge in [-0.1, -0.05) is 30.7 Å². The molecular formula is C16H20ClN3O2. The monoisotopic (exact) mass is 321 g/mol. The molecule has 0 atom stereocenters. The highest BCUT2D eigenvalue weighted by Gasteiger charge is 2.21. The number of aliphatic hydroxyl groups is 1. The molecule has 118 valence electrons. The van der Waals surface area contributed by atoms with Gasteiger partial charge < -0.3 is 15.0 Å². The number of hydrogen-bond donors (Lipinski definition) is 2. The first kappa shape index (κ1) is 16.5. The summed E-state index contributed by atoms with van der Waals surface area (Å²) in [5.41, 5.74) is 1.93. The fourth-order valence-corrected chi connectivity index (χ4v) is 2.49. The van der Waals surface area contributed by atoms with E-state index < -0.39 is 0 Å². The Bertz CT molecular complexity index is 649. The van der Waals surface area contributed by atoms with Crippen LogP contribution in [0, 0.1) is 6.92 Å². The summed E-state index contributed by atoms with van der Waals surface area (Å²) in [7, 11) is 0.